The summed E-state index contributed by atoms with van der Waals surface area (Å²) in [4.78, 5) is 5.55. The zero-order valence-corrected chi connectivity index (χ0v) is 44.0. The molecular formula is C64H55NO8S2. The van der Waals surface area contributed by atoms with Crippen molar-refractivity contribution in [2.75, 3.05) is 7.11 Å². The molecule has 1 aromatic heterocycles. The van der Waals surface area contributed by atoms with Gasteiger partial charge in [0.25, 0.3) is 0 Å². The van der Waals surface area contributed by atoms with Crippen LogP contribution >= 0.6 is 0 Å². The molecule has 9 aromatic rings. The van der Waals surface area contributed by atoms with Gasteiger partial charge in [-0.25, -0.2) is 21.8 Å². The highest BCUT2D eigenvalue weighted by atomic mass is 32.2. The van der Waals surface area contributed by atoms with Gasteiger partial charge in [0, 0.05) is 27.7 Å². The number of ether oxygens (including phenoxy) is 4. The fraction of sp³-hybridized carbons (Fsp3) is 0.109. The quantitative estimate of drug-likeness (QED) is 0.0878. The predicted molar refractivity (Wildman–Crippen MR) is 298 cm³/mol. The molecule has 0 N–H and O–H groups in total. The van der Waals surface area contributed by atoms with Crippen LogP contribution in [0.1, 0.15) is 55.5 Å². The highest BCUT2D eigenvalue weighted by molar-refractivity contribution is 7.91. The lowest BCUT2D eigenvalue weighted by atomic mass is 9.77. The van der Waals surface area contributed by atoms with Crippen molar-refractivity contribution in [2.24, 2.45) is 0 Å². The fourth-order valence-corrected chi connectivity index (χ4v) is 11.0. The molecule has 1 heterocycles. The molecule has 0 amide bonds. The number of hydrogen-bond acceptors (Lipinski definition) is 9. The third-order valence-corrected chi connectivity index (χ3v) is 16.4. The third kappa shape index (κ3) is 11.5. The number of benzene rings is 8. The van der Waals surface area contributed by atoms with Crippen molar-refractivity contribution in [3.05, 3.63) is 240 Å². The fourth-order valence-electron chi connectivity index (χ4n) is 8.50. The number of nitrogens with zero attached hydrogens (tertiary/aromatic N) is 1. The molecule has 0 unspecified atom stereocenters. The van der Waals surface area contributed by atoms with E-state index in [-0.39, 0.29) is 19.6 Å². The summed E-state index contributed by atoms with van der Waals surface area (Å²) in [6, 6.07) is 59.5. The monoisotopic (exact) mass is 1030 g/mol. The van der Waals surface area contributed by atoms with Gasteiger partial charge in [0.05, 0.1) is 38.1 Å². The number of rotatable bonds is 17. The number of aryl methyl sites for hydroxylation is 1. The van der Waals surface area contributed by atoms with E-state index < -0.39 is 25.1 Å². The first-order valence-corrected chi connectivity index (χ1v) is 27.3. The molecule has 376 valence electrons. The van der Waals surface area contributed by atoms with E-state index in [1.807, 2.05) is 136 Å². The molecule has 0 saturated carbocycles. The van der Waals surface area contributed by atoms with Crippen molar-refractivity contribution >= 4 is 31.8 Å². The predicted octanol–water partition coefficient (Wildman–Crippen LogP) is 16.2. The van der Waals surface area contributed by atoms with Crippen molar-refractivity contribution in [1.82, 2.24) is 4.98 Å². The topological polar surface area (TPSA) is 118 Å². The average Bonchev–Trinajstić information content (AvgIpc) is 3.43. The first-order chi connectivity index (χ1) is 36.1. The molecule has 9 nitrogen and oxygen atoms in total. The standard InChI is InChI=1S/C64H55NO8S2/c1-7-10-47-42-49(20-40-62(47)72-54-28-36-58(37-29-54)74(66,67)56-32-14-44(3)15-33-56)64(4,5)50-21-41-63(48(43-50)11-8-2)73-55-30-38-59(39-31-55)75(68,69)57-34-26-53(27-35-57)71-52-24-18-46(19-25-52)61-13-9-12-60(65-61)45-16-22-51(70-6)23-17-45/h7-43H,1-6H3/b10-7+,11-8+. The van der Waals surface area contributed by atoms with Crippen LogP contribution in [0, 0.1) is 6.92 Å². The Kier molecular flexibility index (Phi) is 15.0. The minimum Gasteiger partial charge on any atom is -0.497 e. The molecule has 0 aliphatic carbocycles. The molecule has 0 saturated heterocycles. The van der Waals surface area contributed by atoms with E-state index in [9.17, 15) is 16.8 Å². The molecule has 11 heteroatoms. The van der Waals surface area contributed by atoms with Crippen LogP contribution in [0.15, 0.2) is 232 Å². The Morgan fingerprint density at radius 3 is 1.15 bits per heavy atom. The van der Waals surface area contributed by atoms with E-state index in [0.717, 1.165) is 56.1 Å². The maximum absolute atomic E-state index is 13.8. The van der Waals surface area contributed by atoms with Gasteiger partial charge in [0.15, 0.2) is 0 Å². The molecule has 0 atom stereocenters. The number of allylic oxidation sites excluding steroid dienone is 2. The second-order valence-electron chi connectivity index (χ2n) is 18.3. The molecule has 0 bridgehead atoms. The summed E-state index contributed by atoms with van der Waals surface area (Å²) in [6.07, 6.45) is 7.87. The Morgan fingerprint density at radius 2 is 0.773 bits per heavy atom. The number of methoxy groups -OCH3 is 1. The van der Waals surface area contributed by atoms with Gasteiger partial charge >= 0.3 is 0 Å². The minimum atomic E-state index is -3.86. The molecule has 0 fully saturated rings. The number of pyridine rings is 1. The van der Waals surface area contributed by atoms with Crippen molar-refractivity contribution in [3.63, 3.8) is 0 Å². The van der Waals surface area contributed by atoms with E-state index in [4.69, 9.17) is 23.9 Å². The van der Waals surface area contributed by atoms with Gasteiger partial charge < -0.3 is 18.9 Å². The van der Waals surface area contributed by atoms with E-state index in [2.05, 4.69) is 26.0 Å². The molecule has 0 aliphatic rings. The lowest BCUT2D eigenvalue weighted by Crippen LogP contribution is -2.19. The minimum absolute atomic E-state index is 0.130. The SMILES string of the molecule is C/C=C/c1cc(C(C)(C)c2ccc(Oc3ccc(S(=O)(=O)c4ccc(Oc5ccc(-c6cccc(-c7ccc(OC)cc7)n6)cc5)cc4)cc3)c(/C=C/C)c2)ccc1Oc1ccc(S(=O)(=O)c2ccc(C)cc2)cc1. The van der Waals surface area contributed by atoms with Crippen molar-refractivity contribution in [1.29, 1.82) is 0 Å². The summed E-state index contributed by atoms with van der Waals surface area (Å²) < 4.78 is 78.2. The lowest BCUT2D eigenvalue weighted by Gasteiger charge is -2.28. The summed E-state index contributed by atoms with van der Waals surface area (Å²) in [5.41, 5.74) is 7.93. The summed E-state index contributed by atoms with van der Waals surface area (Å²) in [5, 5.41) is 0. The van der Waals surface area contributed by atoms with Gasteiger partial charge in [-0.3, -0.25) is 0 Å². The Labute approximate surface area is 439 Å². The summed E-state index contributed by atoms with van der Waals surface area (Å²) in [5.74, 6) is 4.11. The second-order valence-corrected chi connectivity index (χ2v) is 22.2. The second kappa shape index (κ2) is 21.9. The Bertz CT molecular complexity index is 3760. The molecule has 75 heavy (non-hydrogen) atoms. The van der Waals surface area contributed by atoms with Crippen LogP contribution in [0.2, 0.25) is 0 Å². The Morgan fingerprint density at radius 1 is 0.427 bits per heavy atom. The zero-order chi connectivity index (χ0) is 52.7. The lowest BCUT2D eigenvalue weighted by molar-refractivity contribution is 0.415. The highest BCUT2D eigenvalue weighted by Gasteiger charge is 2.26. The van der Waals surface area contributed by atoms with Crippen LogP contribution in [-0.4, -0.2) is 28.9 Å². The first-order valence-electron chi connectivity index (χ1n) is 24.3. The van der Waals surface area contributed by atoms with Gasteiger partial charge in [-0.15, -0.1) is 0 Å². The number of aromatic nitrogens is 1. The van der Waals surface area contributed by atoms with Crippen molar-refractivity contribution < 1.29 is 35.8 Å². The van der Waals surface area contributed by atoms with E-state index >= 15 is 0 Å². The maximum Gasteiger partial charge on any atom is 0.206 e. The van der Waals surface area contributed by atoms with Gasteiger partial charge in [-0.05, 0) is 202 Å². The smallest absolute Gasteiger partial charge is 0.206 e. The average molecular weight is 1030 g/mol. The van der Waals surface area contributed by atoms with Crippen LogP contribution in [0.4, 0.5) is 0 Å². The molecule has 9 rings (SSSR count). The first kappa shape index (κ1) is 51.4. The van der Waals surface area contributed by atoms with Gasteiger partial charge in [0.2, 0.25) is 19.7 Å². The molecule has 0 aliphatic heterocycles. The van der Waals surface area contributed by atoms with Crippen LogP contribution in [0.5, 0.6) is 40.2 Å². The largest absolute Gasteiger partial charge is 0.497 e. The van der Waals surface area contributed by atoms with E-state index in [1.54, 1.807) is 104 Å². The van der Waals surface area contributed by atoms with Crippen molar-refractivity contribution in [3.8, 4) is 62.8 Å². The van der Waals surface area contributed by atoms with Crippen LogP contribution in [-0.2, 0) is 25.1 Å². The number of hydrogen-bond donors (Lipinski definition) is 0. The zero-order valence-electron chi connectivity index (χ0n) is 42.4. The molecule has 8 aromatic carbocycles. The summed E-state index contributed by atoms with van der Waals surface area (Å²) in [7, 11) is -5.89. The molecule has 0 radical (unpaired) electrons. The van der Waals surface area contributed by atoms with E-state index in [1.165, 1.54) is 0 Å². The molecule has 0 spiro atoms. The van der Waals surface area contributed by atoms with Crippen LogP contribution in [0.25, 0.3) is 34.7 Å². The van der Waals surface area contributed by atoms with Crippen LogP contribution in [0.3, 0.4) is 0 Å². The molecular weight excluding hydrogens is 975 g/mol. The normalized spacial score (nSPS) is 12.0. The Hall–Kier alpha value is -8.51. The van der Waals surface area contributed by atoms with Gasteiger partial charge in [0.1, 0.15) is 40.2 Å². The van der Waals surface area contributed by atoms with Crippen molar-refractivity contribution in [2.45, 2.75) is 59.6 Å². The summed E-state index contributed by atoms with van der Waals surface area (Å²) >= 11 is 0. The summed E-state index contributed by atoms with van der Waals surface area (Å²) in [6.45, 7) is 10.1. The number of sulfone groups is 2. The highest BCUT2D eigenvalue weighted by Crippen LogP contribution is 2.40. The Balaban J connectivity index is 0.845. The van der Waals surface area contributed by atoms with Gasteiger partial charge in [-0.1, -0.05) is 74.0 Å². The van der Waals surface area contributed by atoms with E-state index in [0.29, 0.717) is 34.5 Å². The third-order valence-electron chi connectivity index (χ3n) is 12.9. The maximum atomic E-state index is 13.8. The van der Waals surface area contributed by atoms with Gasteiger partial charge in [-0.2, -0.15) is 0 Å². The van der Waals surface area contributed by atoms with Crippen LogP contribution < -0.4 is 18.9 Å².